The fourth-order valence-electron chi connectivity index (χ4n) is 1.59. The van der Waals surface area contributed by atoms with Crippen molar-refractivity contribution in [3.63, 3.8) is 0 Å². The van der Waals surface area contributed by atoms with Gasteiger partial charge in [0.05, 0.1) is 5.56 Å². The van der Waals surface area contributed by atoms with Gasteiger partial charge in [0.1, 0.15) is 0 Å². The molecule has 0 saturated heterocycles. The second-order valence-electron chi connectivity index (χ2n) is 3.79. The van der Waals surface area contributed by atoms with Crippen molar-refractivity contribution in [2.45, 2.75) is 26.9 Å². The lowest BCUT2D eigenvalue weighted by atomic mass is 9.96. The summed E-state index contributed by atoms with van der Waals surface area (Å²) in [5.74, 6) is -0.374. The van der Waals surface area contributed by atoms with Crippen LogP contribution < -0.4 is 0 Å². The highest BCUT2D eigenvalue weighted by molar-refractivity contribution is 5.95. The SMILES string of the molecule is C/C=C/c1cc(C(C)=O)cc(C(F)(F)F)c1C. The summed E-state index contributed by atoms with van der Waals surface area (Å²) in [7, 11) is 0. The third-order valence-corrected chi connectivity index (χ3v) is 2.51. The molecule has 0 aliphatic heterocycles. The molecule has 0 amide bonds. The summed E-state index contributed by atoms with van der Waals surface area (Å²) in [5, 5.41) is 0. The molecular formula is C13H13F3O. The van der Waals surface area contributed by atoms with E-state index in [9.17, 15) is 18.0 Å². The average molecular weight is 242 g/mol. The van der Waals surface area contributed by atoms with Crippen LogP contribution >= 0.6 is 0 Å². The number of allylic oxidation sites excluding steroid dienone is 1. The molecule has 0 fully saturated rings. The maximum absolute atomic E-state index is 12.8. The Hall–Kier alpha value is -1.58. The van der Waals surface area contributed by atoms with Crippen LogP contribution in [-0.2, 0) is 6.18 Å². The number of carbonyl (C=O) groups is 1. The van der Waals surface area contributed by atoms with Crippen molar-refractivity contribution in [3.05, 3.63) is 40.5 Å². The van der Waals surface area contributed by atoms with Crippen LogP contribution in [-0.4, -0.2) is 5.78 Å². The van der Waals surface area contributed by atoms with Gasteiger partial charge in [0.2, 0.25) is 0 Å². The summed E-state index contributed by atoms with van der Waals surface area (Å²) in [6.45, 7) is 4.37. The van der Waals surface area contributed by atoms with E-state index < -0.39 is 11.7 Å². The van der Waals surface area contributed by atoms with Gasteiger partial charge in [0, 0.05) is 5.56 Å². The molecule has 92 valence electrons. The molecule has 0 radical (unpaired) electrons. The standard InChI is InChI=1S/C13H13F3O/c1-4-5-10-6-11(9(3)17)7-12(8(10)2)13(14,15)16/h4-7H,1-3H3/b5-4+. The molecule has 1 rings (SSSR count). The van der Waals surface area contributed by atoms with E-state index in [1.807, 2.05) is 0 Å². The van der Waals surface area contributed by atoms with Crippen molar-refractivity contribution < 1.29 is 18.0 Å². The summed E-state index contributed by atoms with van der Waals surface area (Å²) in [6.07, 6.45) is -1.23. The molecule has 0 unspecified atom stereocenters. The zero-order chi connectivity index (χ0) is 13.2. The molecule has 1 nitrogen and oxygen atoms in total. The van der Waals surface area contributed by atoms with Crippen LogP contribution in [0, 0.1) is 6.92 Å². The third kappa shape index (κ3) is 2.96. The van der Waals surface area contributed by atoms with E-state index in [4.69, 9.17) is 0 Å². The molecule has 0 heterocycles. The number of hydrogen-bond acceptors (Lipinski definition) is 1. The first-order chi connectivity index (χ1) is 7.77. The Morgan fingerprint density at radius 1 is 1.29 bits per heavy atom. The van der Waals surface area contributed by atoms with Crippen LogP contribution in [0.15, 0.2) is 18.2 Å². The maximum Gasteiger partial charge on any atom is 0.416 e. The Labute approximate surface area is 98.0 Å². The average Bonchev–Trinajstić information content (AvgIpc) is 2.19. The van der Waals surface area contributed by atoms with E-state index in [1.165, 1.54) is 19.9 Å². The third-order valence-electron chi connectivity index (χ3n) is 2.51. The Balaban J connectivity index is 3.54. The largest absolute Gasteiger partial charge is 0.416 e. The minimum Gasteiger partial charge on any atom is -0.295 e. The minimum atomic E-state index is -4.44. The number of benzene rings is 1. The first-order valence-electron chi connectivity index (χ1n) is 5.13. The van der Waals surface area contributed by atoms with Gasteiger partial charge in [0.15, 0.2) is 5.78 Å². The highest BCUT2D eigenvalue weighted by atomic mass is 19.4. The van der Waals surface area contributed by atoms with E-state index in [-0.39, 0.29) is 16.9 Å². The number of ketones is 1. The van der Waals surface area contributed by atoms with Gasteiger partial charge in [-0.3, -0.25) is 4.79 Å². The molecule has 0 atom stereocenters. The predicted octanol–water partition coefficient (Wildman–Crippen LogP) is 4.25. The molecule has 1 aromatic rings. The second kappa shape index (κ2) is 4.73. The Kier molecular flexibility index (Phi) is 3.76. The van der Waals surface area contributed by atoms with Crippen molar-refractivity contribution in [2.75, 3.05) is 0 Å². The second-order valence-corrected chi connectivity index (χ2v) is 3.79. The van der Waals surface area contributed by atoms with Crippen LogP contribution in [0.3, 0.4) is 0 Å². The monoisotopic (exact) mass is 242 g/mol. The Morgan fingerprint density at radius 2 is 1.88 bits per heavy atom. The van der Waals surface area contributed by atoms with E-state index in [2.05, 4.69) is 0 Å². The smallest absolute Gasteiger partial charge is 0.295 e. The fourth-order valence-corrected chi connectivity index (χ4v) is 1.59. The van der Waals surface area contributed by atoms with Crippen LogP contribution in [0.2, 0.25) is 0 Å². The van der Waals surface area contributed by atoms with Crippen LogP contribution in [0.1, 0.15) is 40.9 Å². The van der Waals surface area contributed by atoms with Crippen molar-refractivity contribution in [3.8, 4) is 0 Å². The van der Waals surface area contributed by atoms with Crippen molar-refractivity contribution in [1.82, 2.24) is 0 Å². The molecule has 0 N–H and O–H groups in total. The summed E-state index contributed by atoms with van der Waals surface area (Å²) in [4.78, 5) is 11.2. The number of halogens is 3. The van der Waals surface area contributed by atoms with Crippen molar-refractivity contribution >= 4 is 11.9 Å². The first-order valence-corrected chi connectivity index (χ1v) is 5.13. The molecule has 0 aliphatic carbocycles. The van der Waals surface area contributed by atoms with Gasteiger partial charge < -0.3 is 0 Å². The van der Waals surface area contributed by atoms with Gasteiger partial charge in [-0.1, -0.05) is 12.2 Å². The zero-order valence-corrected chi connectivity index (χ0v) is 9.85. The normalized spacial score (nSPS) is 12.1. The maximum atomic E-state index is 12.8. The molecule has 4 heteroatoms. The van der Waals surface area contributed by atoms with Gasteiger partial charge in [-0.2, -0.15) is 13.2 Å². The summed E-state index contributed by atoms with van der Waals surface area (Å²) < 4.78 is 38.3. The lowest BCUT2D eigenvalue weighted by Crippen LogP contribution is -2.10. The van der Waals surface area contributed by atoms with Gasteiger partial charge in [0.25, 0.3) is 0 Å². The van der Waals surface area contributed by atoms with Gasteiger partial charge in [-0.25, -0.2) is 0 Å². The molecule has 0 aromatic heterocycles. The van der Waals surface area contributed by atoms with Gasteiger partial charge in [-0.05, 0) is 44.0 Å². The first kappa shape index (κ1) is 13.5. The van der Waals surface area contributed by atoms with E-state index >= 15 is 0 Å². The molecule has 1 aromatic carbocycles. The number of carbonyl (C=O) groups excluding carboxylic acids is 1. The topological polar surface area (TPSA) is 17.1 Å². The van der Waals surface area contributed by atoms with Crippen molar-refractivity contribution in [2.24, 2.45) is 0 Å². The highest BCUT2D eigenvalue weighted by Crippen LogP contribution is 2.34. The Bertz CT molecular complexity index is 470. The highest BCUT2D eigenvalue weighted by Gasteiger charge is 2.33. The number of hydrogen-bond donors (Lipinski definition) is 0. The number of Topliss-reactive ketones (excluding diaryl/α,β-unsaturated/α-hetero) is 1. The summed E-state index contributed by atoms with van der Waals surface area (Å²) in [5.41, 5.74) is -0.109. The van der Waals surface area contributed by atoms with Crippen LogP contribution in [0.5, 0.6) is 0 Å². The summed E-state index contributed by atoms with van der Waals surface area (Å²) in [6, 6.07) is 2.39. The molecule has 0 bridgehead atoms. The molecule has 17 heavy (non-hydrogen) atoms. The van der Waals surface area contributed by atoms with E-state index in [0.29, 0.717) is 5.56 Å². The predicted molar refractivity (Wildman–Crippen MR) is 60.9 cm³/mol. The van der Waals surface area contributed by atoms with Gasteiger partial charge in [-0.15, -0.1) is 0 Å². The fraction of sp³-hybridized carbons (Fsp3) is 0.308. The van der Waals surface area contributed by atoms with Crippen LogP contribution in [0.4, 0.5) is 13.2 Å². The summed E-state index contributed by atoms with van der Waals surface area (Å²) >= 11 is 0. The lowest BCUT2D eigenvalue weighted by molar-refractivity contribution is -0.138. The molecule has 0 spiro atoms. The number of alkyl halides is 3. The quantitative estimate of drug-likeness (QED) is 0.708. The van der Waals surface area contributed by atoms with E-state index in [1.54, 1.807) is 19.1 Å². The van der Waals surface area contributed by atoms with Gasteiger partial charge >= 0.3 is 6.18 Å². The zero-order valence-electron chi connectivity index (χ0n) is 9.85. The van der Waals surface area contributed by atoms with Crippen molar-refractivity contribution in [1.29, 1.82) is 0 Å². The van der Waals surface area contributed by atoms with Crippen LogP contribution in [0.25, 0.3) is 6.08 Å². The molecular weight excluding hydrogens is 229 g/mol. The minimum absolute atomic E-state index is 0.0797. The Morgan fingerprint density at radius 3 is 2.29 bits per heavy atom. The lowest BCUT2D eigenvalue weighted by Gasteiger charge is -2.14. The molecule has 0 aliphatic rings. The number of rotatable bonds is 2. The molecule has 0 saturated carbocycles. The van der Waals surface area contributed by atoms with E-state index in [0.717, 1.165) is 6.07 Å².